The number of aryl methyl sites for hydroxylation is 1. The third-order valence-corrected chi connectivity index (χ3v) is 7.10. The van der Waals surface area contributed by atoms with Gasteiger partial charge in [0.1, 0.15) is 5.82 Å². The monoisotopic (exact) mass is 517 g/mol. The molecule has 1 atom stereocenters. The van der Waals surface area contributed by atoms with E-state index in [-0.39, 0.29) is 23.3 Å². The van der Waals surface area contributed by atoms with E-state index in [0.717, 1.165) is 22.3 Å². The van der Waals surface area contributed by atoms with Crippen molar-refractivity contribution in [2.45, 2.75) is 33.0 Å². The second-order valence-corrected chi connectivity index (χ2v) is 9.95. The van der Waals surface area contributed by atoms with E-state index in [0.29, 0.717) is 41.2 Å². The zero-order valence-corrected chi connectivity index (χ0v) is 21.9. The number of carbonyl (C=O) groups excluding carboxylic acids is 1. The molecule has 3 aromatic carbocycles. The van der Waals surface area contributed by atoms with Gasteiger partial charge in [-0.05, 0) is 60.9 Å². The van der Waals surface area contributed by atoms with E-state index in [2.05, 4.69) is 10.0 Å². The standard InChI is InChI=1S/C28H28FN5O2S/c1-16-11-22(17(2)30-24-8-6-5-7-21(24)26(35)32-37-4)25-23(12-16)27(36)33(3)28(31-25)34-14-18-9-10-20(29)13-19(18)15-34/h5-13,17,30H,14-15H2,1-4H3,(H,32,35). The Hall–Kier alpha value is -3.85. The number of amides is 1. The second-order valence-electron chi connectivity index (χ2n) is 9.34. The Balaban J connectivity index is 1.57. The van der Waals surface area contributed by atoms with Crippen molar-refractivity contribution < 1.29 is 9.18 Å². The van der Waals surface area contributed by atoms with Crippen LogP contribution in [0.1, 0.15) is 45.6 Å². The molecule has 1 aromatic heterocycles. The molecule has 0 saturated heterocycles. The largest absolute Gasteiger partial charge is 0.378 e. The van der Waals surface area contributed by atoms with Crippen LogP contribution in [0.3, 0.4) is 0 Å². The van der Waals surface area contributed by atoms with E-state index in [9.17, 15) is 14.0 Å². The summed E-state index contributed by atoms with van der Waals surface area (Å²) in [4.78, 5) is 33.1. The van der Waals surface area contributed by atoms with Crippen LogP contribution in [0, 0.1) is 12.7 Å². The summed E-state index contributed by atoms with van der Waals surface area (Å²) in [5.41, 5.74) is 5.42. The summed E-state index contributed by atoms with van der Waals surface area (Å²) in [6.45, 7) is 4.97. The molecule has 0 radical (unpaired) electrons. The predicted octanol–water partition coefficient (Wildman–Crippen LogP) is 5.08. The van der Waals surface area contributed by atoms with Crippen molar-refractivity contribution in [2.24, 2.45) is 7.05 Å². The van der Waals surface area contributed by atoms with Crippen LogP contribution in [0.15, 0.2) is 59.4 Å². The van der Waals surface area contributed by atoms with Crippen molar-refractivity contribution in [2.75, 3.05) is 16.5 Å². The van der Waals surface area contributed by atoms with Gasteiger partial charge < -0.3 is 10.2 Å². The number of halogens is 1. The van der Waals surface area contributed by atoms with Gasteiger partial charge in [0.05, 0.1) is 22.5 Å². The Morgan fingerprint density at radius 1 is 1.11 bits per heavy atom. The van der Waals surface area contributed by atoms with Gasteiger partial charge in [-0.3, -0.25) is 18.9 Å². The number of carbonyl (C=O) groups is 1. The molecule has 5 rings (SSSR count). The number of nitrogens with zero attached hydrogens (tertiary/aromatic N) is 3. The maximum atomic E-state index is 13.8. The second kappa shape index (κ2) is 9.89. The van der Waals surface area contributed by atoms with Gasteiger partial charge in [-0.2, -0.15) is 0 Å². The fraction of sp³-hybridized carbons (Fsp3) is 0.250. The van der Waals surface area contributed by atoms with E-state index in [1.165, 1.54) is 18.0 Å². The summed E-state index contributed by atoms with van der Waals surface area (Å²) in [5.74, 6) is 0.0764. The Labute approximate surface area is 218 Å². The Bertz CT molecular complexity index is 1590. The highest BCUT2D eigenvalue weighted by Crippen LogP contribution is 2.31. The molecule has 1 aliphatic heterocycles. The Morgan fingerprint density at radius 3 is 2.65 bits per heavy atom. The molecule has 0 fully saturated rings. The van der Waals surface area contributed by atoms with Crippen LogP contribution in [0.2, 0.25) is 0 Å². The van der Waals surface area contributed by atoms with E-state index in [4.69, 9.17) is 4.98 Å². The van der Waals surface area contributed by atoms with Crippen molar-refractivity contribution in [3.05, 3.63) is 98.6 Å². The molecule has 1 amide bonds. The molecule has 0 bridgehead atoms. The van der Waals surface area contributed by atoms with Gasteiger partial charge in [0.15, 0.2) is 0 Å². The lowest BCUT2D eigenvalue weighted by atomic mass is 10.0. The first-order valence-electron chi connectivity index (χ1n) is 12.0. The molecule has 4 aromatic rings. The molecule has 7 nitrogen and oxygen atoms in total. The average molecular weight is 518 g/mol. The summed E-state index contributed by atoms with van der Waals surface area (Å²) in [6, 6.07) is 15.8. The number of benzene rings is 3. The molecule has 2 N–H and O–H groups in total. The van der Waals surface area contributed by atoms with Gasteiger partial charge in [0, 0.05) is 37.6 Å². The topological polar surface area (TPSA) is 79.3 Å². The normalized spacial score (nSPS) is 13.5. The first kappa shape index (κ1) is 24.8. The minimum atomic E-state index is -0.273. The van der Waals surface area contributed by atoms with Crippen molar-refractivity contribution in [1.82, 2.24) is 14.3 Å². The Kier molecular flexibility index (Phi) is 6.64. The van der Waals surface area contributed by atoms with E-state index in [1.807, 2.05) is 49.1 Å². The number of fused-ring (bicyclic) bond motifs is 2. The highest BCUT2D eigenvalue weighted by Gasteiger charge is 2.25. The number of anilines is 2. The van der Waals surface area contributed by atoms with Crippen molar-refractivity contribution in [3.63, 3.8) is 0 Å². The first-order chi connectivity index (χ1) is 17.8. The summed E-state index contributed by atoms with van der Waals surface area (Å²) in [5, 5.41) is 3.99. The SMILES string of the molecule is CSNC(=O)c1ccccc1NC(C)c1cc(C)cc2c(=O)n(C)c(N3Cc4ccc(F)cc4C3)nc12. The van der Waals surface area contributed by atoms with Gasteiger partial charge in [-0.25, -0.2) is 9.37 Å². The highest BCUT2D eigenvalue weighted by molar-refractivity contribution is 7.97. The zero-order valence-electron chi connectivity index (χ0n) is 21.1. The number of aromatic nitrogens is 2. The fourth-order valence-corrected chi connectivity index (χ4v) is 5.22. The number of hydrogen-bond donors (Lipinski definition) is 2. The number of para-hydroxylation sites is 1. The molecular formula is C28H28FN5O2S. The van der Waals surface area contributed by atoms with Crippen LogP contribution in [0.5, 0.6) is 0 Å². The third-order valence-electron chi connectivity index (χ3n) is 6.71. The van der Waals surface area contributed by atoms with Crippen LogP contribution in [-0.4, -0.2) is 21.7 Å². The molecule has 37 heavy (non-hydrogen) atoms. The molecular weight excluding hydrogens is 489 g/mol. The molecule has 190 valence electrons. The molecule has 0 spiro atoms. The molecule has 0 saturated carbocycles. The zero-order chi connectivity index (χ0) is 26.3. The van der Waals surface area contributed by atoms with Gasteiger partial charge in [-0.1, -0.05) is 36.2 Å². The van der Waals surface area contributed by atoms with Crippen molar-refractivity contribution >= 4 is 40.4 Å². The number of nitrogens with one attached hydrogen (secondary N) is 2. The lowest BCUT2D eigenvalue weighted by molar-refractivity contribution is 0.0985. The molecule has 0 aliphatic carbocycles. The molecule has 2 heterocycles. The molecule has 9 heteroatoms. The molecule has 1 aliphatic rings. The van der Waals surface area contributed by atoms with Gasteiger partial charge in [-0.15, -0.1) is 0 Å². The van der Waals surface area contributed by atoms with Crippen LogP contribution in [-0.2, 0) is 20.1 Å². The first-order valence-corrected chi connectivity index (χ1v) is 13.2. The fourth-order valence-electron chi connectivity index (χ4n) is 4.92. The lowest BCUT2D eigenvalue weighted by Gasteiger charge is -2.23. The summed E-state index contributed by atoms with van der Waals surface area (Å²) in [7, 11) is 1.72. The minimum Gasteiger partial charge on any atom is -0.378 e. The van der Waals surface area contributed by atoms with Gasteiger partial charge in [0.2, 0.25) is 5.95 Å². The Morgan fingerprint density at radius 2 is 1.86 bits per heavy atom. The quantitative estimate of drug-likeness (QED) is 0.347. The maximum Gasteiger partial charge on any atom is 0.263 e. The average Bonchev–Trinajstić information content (AvgIpc) is 3.29. The van der Waals surface area contributed by atoms with Crippen LogP contribution >= 0.6 is 11.9 Å². The van der Waals surface area contributed by atoms with Crippen molar-refractivity contribution in [3.8, 4) is 0 Å². The van der Waals surface area contributed by atoms with Gasteiger partial charge >= 0.3 is 0 Å². The summed E-state index contributed by atoms with van der Waals surface area (Å²) >= 11 is 1.25. The smallest absolute Gasteiger partial charge is 0.263 e. The van der Waals surface area contributed by atoms with Crippen LogP contribution in [0.25, 0.3) is 10.9 Å². The third kappa shape index (κ3) is 4.67. The van der Waals surface area contributed by atoms with Crippen LogP contribution in [0.4, 0.5) is 16.0 Å². The summed E-state index contributed by atoms with van der Waals surface area (Å²) in [6.07, 6.45) is 1.80. The van der Waals surface area contributed by atoms with E-state index >= 15 is 0 Å². The molecule has 1 unspecified atom stereocenters. The van der Waals surface area contributed by atoms with E-state index < -0.39 is 0 Å². The minimum absolute atomic E-state index is 0.140. The maximum absolute atomic E-state index is 13.8. The highest BCUT2D eigenvalue weighted by atomic mass is 32.2. The predicted molar refractivity (Wildman–Crippen MR) is 147 cm³/mol. The number of rotatable bonds is 6. The van der Waals surface area contributed by atoms with Crippen LogP contribution < -0.4 is 20.5 Å². The van der Waals surface area contributed by atoms with Crippen molar-refractivity contribution in [1.29, 1.82) is 0 Å². The van der Waals surface area contributed by atoms with E-state index in [1.54, 1.807) is 36.1 Å². The van der Waals surface area contributed by atoms with Gasteiger partial charge in [0.25, 0.3) is 11.5 Å². The lowest BCUT2D eigenvalue weighted by Crippen LogP contribution is -2.28. The number of hydrogen-bond acceptors (Lipinski definition) is 6. The summed E-state index contributed by atoms with van der Waals surface area (Å²) < 4.78 is 18.1.